The maximum absolute atomic E-state index is 12.5. The van der Waals surface area contributed by atoms with Crippen molar-refractivity contribution in [1.82, 2.24) is 0 Å². The summed E-state index contributed by atoms with van der Waals surface area (Å²) in [5.74, 6) is 0.399. The fourth-order valence-electron chi connectivity index (χ4n) is 1.81. The normalized spacial score (nSPS) is 12.6. The fourth-order valence-corrected chi connectivity index (χ4v) is 2.96. The number of thioether (sulfide) groups is 1. The largest absolute Gasteiger partial charge is 0.495 e. The van der Waals surface area contributed by atoms with Crippen molar-refractivity contribution in [3.63, 3.8) is 0 Å². The Morgan fingerprint density at radius 3 is 2.65 bits per heavy atom. The van der Waals surface area contributed by atoms with E-state index in [0.29, 0.717) is 22.8 Å². The molecule has 1 aromatic rings. The molecule has 20 heavy (non-hydrogen) atoms. The number of methoxy groups -OCH3 is 1. The summed E-state index contributed by atoms with van der Waals surface area (Å²) in [7, 11) is 1.51. The lowest BCUT2D eigenvalue weighted by Crippen LogP contribution is -2.23. The minimum absolute atomic E-state index is 0.0271. The topological polar surface area (TPSA) is 50.1 Å². The Bertz CT molecular complexity index is 532. The third-order valence-electron chi connectivity index (χ3n) is 2.72. The number of halogens is 1. The van der Waals surface area contributed by atoms with E-state index in [0.717, 1.165) is 11.8 Å². The van der Waals surface area contributed by atoms with Gasteiger partial charge in [-0.2, -0.15) is 5.26 Å². The van der Waals surface area contributed by atoms with Gasteiger partial charge in [0.05, 0.1) is 17.4 Å². The lowest BCUT2D eigenvalue weighted by atomic mass is 9.88. The molecule has 0 amide bonds. The summed E-state index contributed by atoms with van der Waals surface area (Å²) in [6, 6.07) is 4.93. The quantitative estimate of drug-likeness (QED) is 0.591. The van der Waals surface area contributed by atoms with Crippen LogP contribution in [0.4, 0.5) is 0 Å². The number of hydrogen-bond acceptors (Lipinski definition) is 4. The number of ketones is 1. The first-order valence-electron chi connectivity index (χ1n) is 6.21. The number of thiocyanates is 1. The van der Waals surface area contributed by atoms with E-state index in [1.54, 1.807) is 18.2 Å². The first-order chi connectivity index (χ1) is 9.28. The summed E-state index contributed by atoms with van der Waals surface area (Å²) in [5.41, 5.74) is 0.490. The van der Waals surface area contributed by atoms with Crippen molar-refractivity contribution in [2.45, 2.75) is 32.4 Å². The number of nitrogens with zero attached hydrogens (tertiary/aromatic N) is 1. The van der Waals surface area contributed by atoms with Gasteiger partial charge < -0.3 is 4.74 Å². The number of benzene rings is 1. The maximum atomic E-state index is 12.5. The number of ether oxygens (including phenoxy) is 1. The van der Waals surface area contributed by atoms with E-state index in [9.17, 15) is 4.79 Å². The summed E-state index contributed by atoms with van der Waals surface area (Å²) in [6.45, 7) is 6.15. The van der Waals surface area contributed by atoms with E-state index in [1.165, 1.54) is 7.11 Å². The Balaban J connectivity index is 3.03. The monoisotopic (exact) mass is 311 g/mol. The molecule has 0 fully saturated rings. The molecular formula is C15H18ClNO2S. The lowest BCUT2D eigenvalue weighted by Gasteiger charge is -2.23. The van der Waals surface area contributed by atoms with Crippen molar-refractivity contribution < 1.29 is 9.53 Å². The predicted molar refractivity (Wildman–Crippen MR) is 83.4 cm³/mol. The van der Waals surface area contributed by atoms with Gasteiger partial charge in [0.15, 0.2) is 5.78 Å². The Morgan fingerprint density at radius 2 is 2.15 bits per heavy atom. The van der Waals surface area contributed by atoms with Crippen molar-refractivity contribution in [2.75, 3.05) is 7.11 Å². The van der Waals surface area contributed by atoms with Crippen LogP contribution in [0.5, 0.6) is 5.75 Å². The number of hydrogen-bond donors (Lipinski definition) is 0. The van der Waals surface area contributed by atoms with Gasteiger partial charge >= 0.3 is 0 Å². The van der Waals surface area contributed by atoms with Crippen molar-refractivity contribution >= 4 is 29.1 Å². The van der Waals surface area contributed by atoms with Crippen LogP contribution in [0.3, 0.4) is 0 Å². The molecule has 0 aliphatic rings. The molecule has 5 heteroatoms. The highest BCUT2D eigenvalue weighted by Gasteiger charge is 2.27. The van der Waals surface area contributed by atoms with Gasteiger partial charge in [-0.1, -0.05) is 32.4 Å². The highest BCUT2D eigenvalue weighted by Crippen LogP contribution is 2.31. The Kier molecular flexibility index (Phi) is 5.91. The average Bonchev–Trinajstić information content (AvgIpc) is 2.36. The van der Waals surface area contributed by atoms with Crippen molar-refractivity contribution in [1.29, 1.82) is 5.26 Å². The molecule has 1 aromatic carbocycles. The molecule has 0 radical (unpaired) electrons. The van der Waals surface area contributed by atoms with Crippen molar-refractivity contribution in [3.8, 4) is 11.2 Å². The third kappa shape index (κ3) is 4.73. The minimum Gasteiger partial charge on any atom is -0.495 e. The zero-order valence-corrected chi connectivity index (χ0v) is 13.6. The van der Waals surface area contributed by atoms with Crippen LogP contribution >= 0.6 is 23.4 Å². The third-order valence-corrected chi connectivity index (χ3v) is 3.80. The maximum Gasteiger partial charge on any atom is 0.177 e. The van der Waals surface area contributed by atoms with E-state index in [1.807, 2.05) is 26.2 Å². The molecule has 0 aromatic heterocycles. The molecule has 0 aliphatic carbocycles. The molecule has 3 nitrogen and oxygen atoms in total. The van der Waals surface area contributed by atoms with Crippen LogP contribution in [0, 0.1) is 16.1 Å². The van der Waals surface area contributed by atoms with Crippen molar-refractivity contribution in [2.24, 2.45) is 5.41 Å². The van der Waals surface area contributed by atoms with E-state index in [4.69, 9.17) is 21.6 Å². The van der Waals surface area contributed by atoms with E-state index < -0.39 is 0 Å². The Hall–Kier alpha value is -1.18. The van der Waals surface area contributed by atoms with Gasteiger partial charge in [0, 0.05) is 5.56 Å². The van der Waals surface area contributed by atoms with Crippen LogP contribution in [0.2, 0.25) is 5.02 Å². The van der Waals surface area contributed by atoms with Crippen molar-refractivity contribution in [3.05, 3.63) is 28.8 Å². The van der Waals surface area contributed by atoms with Crippen LogP contribution in [-0.4, -0.2) is 18.1 Å². The second-order valence-corrected chi connectivity index (χ2v) is 7.07. The van der Waals surface area contributed by atoms with Crippen LogP contribution in [-0.2, 0) is 0 Å². The molecule has 1 unspecified atom stereocenters. The number of carbonyl (C=O) groups is 1. The first-order valence-corrected chi connectivity index (χ1v) is 7.47. The van der Waals surface area contributed by atoms with Gasteiger partial charge in [-0.15, -0.1) is 0 Å². The molecule has 0 heterocycles. The molecule has 0 aliphatic heterocycles. The van der Waals surface area contributed by atoms with Gasteiger partial charge in [0.1, 0.15) is 11.2 Å². The summed E-state index contributed by atoms with van der Waals surface area (Å²) in [5, 5.41) is 11.0. The molecular weight excluding hydrogens is 294 g/mol. The summed E-state index contributed by atoms with van der Waals surface area (Å²) in [4.78, 5) is 12.5. The van der Waals surface area contributed by atoms with Gasteiger partial charge in [-0.3, -0.25) is 4.79 Å². The van der Waals surface area contributed by atoms with Crippen LogP contribution < -0.4 is 4.74 Å². The lowest BCUT2D eigenvalue weighted by molar-refractivity contribution is 0.0973. The van der Waals surface area contributed by atoms with E-state index in [-0.39, 0.29) is 16.4 Å². The minimum atomic E-state index is -0.383. The van der Waals surface area contributed by atoms with Gasteiger partial charge in [-0.05, 0) is 41.8 Å². The van der Waals surface area contributed by atoms with E-state index >= 15 is 0 Å². The molecule has 0 saturated heterocycles. The van der Waals surface area contributed by atoms with Gasteiger partial charge in [0.2, 0.25) is 0 Å². The zero-order valence-electron chi connectivity index (χ0n) is 12.1. The highest BCUT2D eigenvalue weighted by atomic mass is 35.5. The predicted octanol–water partition coefficient (Wildman–Crippen LogP) is 4.55. The Morgan fingerprint density at radius 1 is 1.50 bits per heavy atom. The van der Waals surface area contributed by atoms with Crippen LogP contribution in [0.15, 0.2) is 18.2 Å². The average molecular weight is 312 g/mol. The second kappa shape index (κ2) is 7.01. The molecule has 0 bridgehead atoms. The van der Waals surface area contributed by atoms with Gasteiger partial charge in [-0.25, -0.2) is 0 Å². The first kappa shape index (κ1) is 16.9. The standard InChI is InChI=1S/C15H18ClNO2S/c1-15(2,3)8-13(20-9-17)14(18)10-5-6-11(16)12(7-10)19-4/h5-7,13H,8H2,1-4H3. The molecule has 1 rings (SSSR count). The second-order valence-electron chi connectivity index (χ2n) is 5.68. The number of nitriles is 1. The molecule has 0 spiro atoms. The smallest absolute Gasteiger partial charge is 0.177 e. The van der Waals surface area contributed by atoms with E-state index in [2.05, 4.69) is 0 Å². The molecule has 108 valence electrons. The summed E-state index contributed by atoms with van der Waals surface area (Å²) in [6.07, 6.45) is 0.634. The number of Topliss-reactive ketones (excluding diaryl/α,β-unsaturated/α-hetero) is 1. The van der Waals surface area contributed by atoms with Crippen LogP contribution in [0.1, 0.15) is 37.6 Å². The SMILES string of the molecule is COc1cc(C(=O)C(CC(C)(C)C)SC#N)ccc1Cl. The molecule has 0 N–H and O–H groups in total. The highest BCUT2D eigenvalue weighted by molar-refractivity contribution is 8.05. The van der Waals surface area contributed by atoms with Crippen LogP contribution in [0.25, 0.3) is 0 Å². The molecule has 0 saturated carbocycles. The zero-order chi connectivity index (χ0) is 15.3. The summed E-state index contributed by atoms with van der Waals surface area (Å²) >= 11 is 6.96. The number of rotatable bonds is 5. The Labute approximate surface area is 129 Å². The fraction of sp³-hybridized carbons (Fsp3) is 0.467. The number of carbonyl (C=O) groups excluding carboxylic acids is 1. The summed E-state index contributed by atoms with van der Waals surface area (Å²) < 4.78 is 5.12. The molecule has 1 atom stereocenters. The van der Waals surface area contributed by atoms with Gasteiger partial charge in [0.25, 0.3) is 0 Å².